The number of aromatic nitrogens is 2. The molecule has 3 rings (SSSR count). The second-order valence-electron chi connectivity index (χ2n) is 5.78. The van der Waals surface area contributed by atoms with Crippen molar-refractivity contribution in [1.29, 1.82) is 0 Å². The molecule has 1 aromatic carbocycles. The molecular formula is C17H22N2O2. The van der Waals surface area contributed by atoms with Gasteiger partial charge in [0, 0.05) is 12.0 Å². The Hall–Kier alpha value is -1.84. The number of benzene rings is 1. The maximum absolute atomic E-state index is 5.37. The summed E-state index contributed by atoms with van der Waals surface area (Å²) in [4.78, 5) is 4.50. The zero-order chi connectivity index (χ0) is 14.5. The van der Waals surface area contributed by atoms with Crippen LogP contribution in [0.25, 0.3) is 11.4 Å². The van der Waals surface area contributed by atoms with E-state index in [0.717, 1.165) is 29.5 Å². The first-order valence-electron chi connectivity index (χ1n) is 7.82. The van der Waals surface area contributed by atoms with Gasteiger partial charge in [-0.2, -0.15) is 4.98 Å². The lowest BCUT2D eigenvalue weighted by Gasteiger charge is -2.20. The van der Waals surface area contributed by atoms with Crippen LogP contribution in [-0.4, -0.2) is 17.3 Å². The molecule has 0 spiro atoms. The van der Waals surface area contributed by atoms with E-state index in [9.17, 15) is 0 Å². The average molecular weight is 286 g/mol. The predicted octanol–water partition coefficient (Wildman–Crippen LogP) is 4.26. The van der Waals surface area contributed by atoms with Crippen LogP contribution in [0.3, 0.4) is 0 Å². The number of ether oxygens (including phenoxy) is 1. The van der Waals surface area contributed by atoms with Gasteiger partial charge in [-0.25, -0.2) is 0 Å². The Bertz CT molecular complexity index is 556. The summed E-state index contributed by atoms with van der Waals surface area (Å²) in [7, 11) is 1.66. The molecule has 0 bridgehead atoms. The minimum atomic E-state index is 0.663. The monoisotopic (exact) mass is 286 g/mol. The SMILES string of the molecule is COc1ccc(-c2noc(CCC3CCCCC3)n2)cc1. The molecule has 112 valence electrons. The van der Waals surface area contributed by atoms with Crippen molar-refractivity contribution in [2.45, 2.75) is 44.9 Å². The minimum Gasteiger partial charge on any atom is -0.497 e. The van der Waals surface area contributed by atoms with Gasteiger partial charge in [-0.15, -0.1) is 0 Å². The highest BCUT2D eigenvalue weighted by Gasteiger charge is 2.15. The predicted molar refractivity (Wildman–Crippen MR) is 81.2 cm³/mol. The van der Waals surface area contributed by atoms with E-state index in [1.165, 1.54) is 38.5 Å². The molecule has 4 nitrogen and oxygen atoms in total. The van der Waals surface area contributed by atoms with E-state index in [4.69, 9.17) is 9.26 Å². The molecule has 0 atom stereocenters. The van der Waals surface area contributed by atoms with Gasteiger partial charge in [-0.3, -0.25) is 0 Å². The van der Waals surface area contributed by atoms with Gasteiger partial charge in [-0.05, 0) is 36.6 Å². The van der Waals surface area contributed by atoms with Gasteiger partial charge in [0.2, 0.25) is 11.7 Å². The molecule has 4 heteroatoms. The summed E-state index contributed by atoms with van der Waals surface area (Å²) in [6, 6.07) is 7.73. The Morgan fingerprint density at radius 2 is 1.90 bits per heavy atom. The Labute approximate surface area is 125 Å². The second kappa shape index (κ2) is 6.74. The first-order valence-corrected chi connectivity index (χ1v) is 7.82. The van der Waals surface area contributed by atoms with Crippen molar-refractivity contribution in [2.24, 2.45) is 5.92 Å². The van der Waals surface area contributed by atoms with Gasteiger partial charge in [0.05, 0.1) is 7.11 Å². The van der Waals surface area contributed by atoms with Crippen molar-refractivity contribution < 1.29 is 9.26 Å². The van der Waals surface area contributed by atoms with E-state index in [1.807, 2.05) is 24.3 Å². The molecule has 1 heterocycles. The van der Waals surface area contributed by atoms with Crippen molar-refractivity contribution >= 4 is 0 Å². The summed E-state index contributed by atoms with van der Waals surface area (Å²) >= 11 is 0. The maximum Gasteiger partial charge on any atom is 0.226 e. The zero-order valence-electron chi connectivity index (χ0n) is 12.5. The van der Waals surface area contributed by atoms with Crippen LogP contribution in [0, 0.1) is 5.92 Å². The molecular weight excluding hydrogens is 264 g/mol. The van der Waals surface area contributed by atoms with Crippen LogP contribution < -0.4 is 4.74 Å². The highest BCUT2D eigenvalue weighted by atomic mass is 16.5. The lowest BCUT2D eigenvalue weighted by molar-refractivity contribution is 0.315. The normalized spacial score (nSPS) is 16.0. The van der Waals surface area contributed by atoms with E-state index in [0.29, 0.717) is 5.82 Å². The van der Waals surface area contributed by atoms with Crippen molar-refractivity contribution in [3.8, 4) is 17.1 Å². The molecule has 0 unspecified atom stereocenters. The lowest BCUT2D eigenvalue weighted by atomic mass is 9.86. The topological polar surface area (TPSA) is 48.2 Å². The lowest BCUT2D eigenvalue weighted by Crippen LogP contribution is -2.07. The Morgan fingerprint density at radius 3 is 2.62 bits per heavy atom. The third-order valence-corrected chi connectivity index (χ3v) is 4.31. The number of aryl methyl sites for hydroxylation is 1. The van der Waals surface area contributed by atoms with E-state index in [-0.39, 0.29) is 0 Å². The Kier molecular flexibility index (Phi) is 4.53. The van der Waals surface area contributed by atoms with Crippen molar-refractivity contribution in [3.05, 3.63) is 30.2 Å². The molecule has 0 aliphatic heterocycles. The average Bonchev–Trinajstić information content (AvgIpc) is 3.03. The highest BCUT2D eigenvalue weighted by molar-refractivity contribution is 5.55. The molecule has 2 aromatic rings. The fourth-order valence-electron chi connectivity index (χ4n) is 3.02. The van der Waals surface area contributed by atoms with Crippen molar-refractivity contribution in [3.63, 3.8) is 0 Å². The highest BCUT2D eigenvalue weighted by Crippen LogP contribution is 2.27. The molecule has 0 amide bonds. The van der Waals surface area contributed by atoms with Crippen LogP contribution in [0.15, 0.2) is 28.8 Å². The van der Waals surface area contributed by atoms with Crippen LogP contribution in [0.4, 0.5) is 0 Å². The molecule has 0 radical (unpaired) electrons. The van der Waals surface area contributed by atoms with Gasteiger partial charge >= 0.3 is 0 Å². The first kappa shape index (κ1) is 14.1. The molecule has 21 heavy (non-hydrogen) atoms. The van der Waals surface area contributed by atoms with Crippen LogP contribution in [0.1, 0.15) is 44.4 Å². The third kappa shape index (κ3) is 3.63. The van der Waals surface area contributed by atoms with Crippen LogP contribution in [0.5, 0.6) is 5.75 Å². The molecule has 0 N–H and O–H groups in total. The van der Waals surface area contributed by atoms with E-state index < -0.39 is 0 Å². The summed E-state index contributed by atoms with van der Waals surface area (Å²) < 4.78 is 10.5. The molecule has 1 saturated carbocycles. The zero-order valence-corrected chi connectivity index (χ0v) is 12.5. The van der Waals surface area contributed by atoms with Gasteiger partial charge in [0.15, 0.2) is 0 Å². The molecule has 1 fully saturated rings. The second-order valence-corrected chi connectivity index (χ2v) is 5.78. The number of rotatable bonds is 5. The van der Waals surface area contributed by atoms with Crippen LogP contribution in [-0.2, 0) is 6.42 Å². The quantitative estimate of drug-likeness (QED) is 0.824. The van der Waals surface area contributed by atoms with Crippen LogP contribution in [0.2, 0.25) is 0 Å². The molecule has 1 aromatic heterocycles. The van der Waals surface area contributed by atoms with Gasteiger partial charge in [-0.1, -0.05) is 37.3 Å². The number of hydrogen-bond donors (Lipinski definition) is 0. The minimum absolute atomic E-state index is 0.663. The van der Waals surface area contributed by atoms with Crippen molar-refractivity contribution in [2.75, 3.05) is 7.11 Å². The van der Waals surface area contributed by atoms with E-state index >= 15 is 0 Å². The summed E-state index contributed by atoms with van der Waals surface area (Å²) in [5.41, 5.74) is 0.962. The summed E-state index contributed by atoms with van der Waals surface area (Å²) in [6.07, 6.45) is 8.95. The van der Waals surface area contributed by atoms with Gasteiger partial charge in [0.25, 0.3) is 0 Å². The first-order chi connectivity index (χ1) is 10.3. The van der Waals surface area contributed by atoms with Gasteiger partial charge in [0.1, 0.15) is 5.75 Å². The fraction of sp³-hybridized carbons (Fsp3) is 0.529. The van der Waals surface area contributed by atoms with Gasteiger partial charge < -0.3 is 9.26 Å². The Morgan fingerprint density at radius 1 is 1.14 bits per heavy atom. The number of methoxy groups -OCH3 is 1. The summed E-state index contributed by atoms with van der Waals surface area (Å²) in [5, 5.41) is 4.08. The molecule has 1 aliphatic carbocycles. The van der Waals surface area contributed by atoms with E-state index in [1.54, 1.807) is 7.11 Å². The smallest absolute Gasteiger partial charge is 0.226 e. The third-order valence-electron chi connectivity index (χ3n) is 4.31. The standard InChI is InChI=1S/C17H22N2O2/c1-20-15-10-8-14(9-11-15)17-18-16(21-19-17)12-7-13-5-3-2-4-6-13/h8-11,13H,2-7,12H2,1H3. The largest absolute Gasteiger partial charge is 0.497 e. The van der Waals surface area contributed by atoms with Crippen LogP contribution >= 0.6 is 0 Å². The maximum atomic E-state index is 5.37. The van der Waals surface area contributed by atoms with E-state index in [2.05, 4.69) is 10.1 Å². The summed E-state index contributed by atoms with van der Waals surface area (Å²) in [6.45, 7) is 0. The molecule has 0 saturated heterocycles. The Balaban J connectivity index is 1.59. The summed E-state index contributed by atoms with van der Waals surface area (Å²) in [5.74, 6) is 3.09. The fourth-order valence-corrected chi connectivity index (χ4v) is 3.02. The molecule has 1 aliphatic rings. The number of nitrogens with zero attached hydrogens (tertiary/aromatic N) is 2. The van der Waals surface area contributed by atoms with Crippen molar-refractivity contribution in [1.82, 2.24) is 10.1 Å². The number of hydrogen-bond acceptors (Lipinski definition) is 4.